The minimum Gasteiger partial charge on any atom is -0.481 e. The number of carboxylic acids is 6. The molecule has 19 nitrogen and oxygen atoms in total. The molecule has 2 fully saturated rings. The molecule has 0 radical (unpaired) electrons. The Morgan fingerprint density at radius 2 is 0.927 bits per heavy atom. The Morgan fingerprint density at radius 3 is 1.16 bits per heavy atom. The zero-order chi connectivity index (χ0) is 43.1. The highest BCUT2D eigenvalue weighted by Crippen LogP contribution is 2.18. The molecule has 0 unspecified atom stereocenters. The average Bonchev–Trinajstić information content (AvgIpc) is 3.63. The lowest BCUT2D eigenvalue weighted by molar-refractivity contribution is -0.142. The van der Waals surface area contributed by atoms with Crippen molar-refractivity contribution < 1.29 is 64.2 Å². The quantitative estimate of drug-likeness (QED) is 0.0831. The monoisotopic (exact) mass is 795 g/mol. The van der Waals surface area contributed by atoms with Crippen LogP contribution in [0.4, 0.5) is 0 Å². The summed E-state index contributed by atoms with van der Waals surface area (Å²) in [6, 6.07) is -1.74. The Bertz CT molecular complexity index is 1080. The number of hydrogen-bond acceptors (Lipinski definition) is 12. The molecular weight excluding hydrogens is 724 g/mol. The number of carbonyl (C=O) groups excluding carboxylic acids is 1. The first-order chi connectivity index (χ1) is 25.7. The second kappa shape index (κ2) is 33.4. The van der Waals surface area contributed by atoms with Crippen molar-refractivity contribution in [2.75, 3.05) is 21.1 Å². The molecule has 0 aromatic carbocycles. The molecule has 13 N–H and O–H groups in total. The lowest BCUT2D eigenvalue weighted by atomic mass is 9.95. The molecule has 2 rings (SSSR count). The number of amides is 1. The number of aliphatic carboxylic acids is 6. The van der Waals surface area contributed by atoms with Crippen molar-refractivity contribution in [3.05, 3.63) is 0 Å². The normalized spacial score (nSPS) is 17.1. The minimum absolute atomic E-state index is 0.0950. The largest absolute Gasteiger partial charge is 0.481 e. The Hall–Kier alpha value is -3.91. The summed E-state index contributed by atoms with van der Waals surface area (Å²) >= 11 is 0. The fourth-order valence-corrected chi connectivity index (χ4v) is 5.44. The molecule has 1 amide bonds. The van der Waals surface area contributed by atoms with Crippen LogP contribution < -0.4 is 32.3 Å². The fraction of sp³-hybridized carbons (Fsp3) is 0.806. The van der Waals surface area contributed by atoms with Crippen LogP contribution in [0.25, 0.3) is 0 Å². The molecule has 2 aliphatic rings. The molecule has 2 saturated carbocycles. The lowest BCUT2D eigenvalue weighted by Gasteiger charge is -2.24. The van der Waals surface area contributed by atoms with Crippen LogP contribution in [0.1, 0.15) is 118 Å². The zero-order valence-electron chi connectivity index (χ0n) is 33.6. The van der Waals surface area contributed by atoms with Gasteiger partial charge in [-0.3, -0.25) is 33.6 Å². The summed E-state index contributed by atoms with van der Waals surface area (Å²) in [6.45, 7) is 7.31. The van der Waals surface area contributed by atoms with E-state index in [1.807, 2.05) is 13.8 Å². The minimum atomic E-state index is -1.02. The topological polar surface area (TPSA) is 327 Å². The van der Waals surface area contributed by atoms with Crippen molar-refractivity contribution in [1.82, 2.24) is 26.6 Å². The predicted molar refractivity (Wildman–Crippen MR) is 206 cm³/mol. The van der Waals surface area contributed by atoms with E-state index < -0.39 is 71.9 Å². The van der Waals surface area contributed by atoms with E-state index in [0.717, 1.165) is 32.1 Å². The van der Waals surface area contributed by atoms with Gasteiger partial charge in [0.15, 0.2) is 0 Å². The third-order valence-corrected chi connectivity index (χ3v) is 9.08. The van der Waals surface area contributed by atoms with Crippen molar-refractivity contribution in [2.45, 2.75) is 160 Å². The molecule has 0 aliphatic heterocycles. The molecule has 0 bridgehead atoms. The summed E-state index contributed by atoms with van der Waals surface area (Å²) in [6.07, 6.45) is 12.0. The van der Waals surface area contributed by atoms with E-state index in [9.17, 15) is 33.6 Å². The van der Waals surface area contributed by atoms with Crippen LogP contribution in [-0.2, 0) is 33.6 Å². The molecule has 19 heteroatoms. The van der Waals surface area contributed by atoms with Gasteiger partial charge in [-0.2, -0.15) is 0 Å². The Morgan fingerprint density at radius 1 is 0.564 bits per heavy atom. The number of primary amides is 1. The first-order valence-corrected chi connectivity index (χ1v) is 18.9. The number of nitrogens with one attached hydrogen (secondary N) is 5. The molecule has 55 heavy (non-hydrogen) atoms. The maximum Gasteiger partial charge on any atom is 0.320 e. The van der Waals surface area contributed by atoms with Crippen molar-refractivity contribution >= 4 is 41.7 Å². The molecular formula is C36H70N6O13. The van der Waals surface area contributed by atoms with Gasteiger partial charge in [0.1, 0.15) is 30.2 Å². The van der Waals surface area contributed by atoms with E-state index in [4.69, 9.17) is 36.4 Å². The number of carbonyl (C=O) groups is 7. The van der Waals surface area contributed by atoms with Crippen LogP contribution in [0.3, 0.4) is 0 Å². The van der Waals surface area contributed by atoms with E-state index in [1.165, 1.54) is 46.2 Å². The van der Waals surface area contributed by atoms with Crippen LogP contribution in [0.5, 0.6) is 0 Å². The molecule has 0 spiro atoms. The number of hydrogen-bond donors (Lipinski definition) is 12. The van der Waals surface area contributed by atoms with Gasteiger partial charge in [0.2, 0.25) is 5.91 Å². The second-order valence-electron chi connectivity index (χ2n) is 13.6. The zero-order valence-corrected chi connectivity index (χ0v) is 33.6. The number of likely N-dealkylation sites (N-methyl/N-ethyl adjacent to an activating group) is 3. The maximum absolute atomic E-state index is 10.5. The van der Waals surface area contributed by atoms with Gasteiger partial charge in [0, 0.05) is 24.9 Å². The number of rotatable bonds is 20. The average molecular weight is 795 g/mol. The Balaban J connectivity index is -0.000000615. The summed E-state index contributed by atoms with van der Waals surface area (Å²) in [5.74, 6) is -5.52. The first-order valence-electron chi connectivity index (χ1n) is 18.9. The number of carboxylic acid groups (broad SMARTS) is 6. The first kappa shape index (κ1) is 55.4. The SMILES string of the molecule is CC[C@H](C)[C@H](NC)C(=O)O.CN[C@@H](CCC(=O)O)C(=O)O.CN[C@@H](CCC(N)=O)C(=O)O.C[C@H](NC1CCCC1)C(=O)O.C[C@H](NC1CCCCC1)C(=O)O. The highest BCUT2D eigenvalue weighted by atomic mass is 16.4. The summed E-state index contributed by atoms with van der Waals surface area (Å²) in [5.41, 5.74) is 4.84. The Kier molecular flexibility index (Phi) is 33.7. The molecule has 322 valence electrons. The molecule has 0 aromatic heterocycles. The van der Waals surface area contributed by atoms with Gasteiger partial charge in [-0.1, -0.05) is 52.4 Å². The van der Waals surface area contributed by atoms with Gasteiger partial charge < -0.3 is 63.0 Å². The van der Waals surface area contributed by atoms with Gasteiger partial charge in [-0.05, 0) is 79.4 Å². The van der Waals surface area contributed by atoms with Crippen molar-refractivity contribution in [1.29, 1.82) is 0 Å². The summed E-state index contributed by atoms with van der Waals surface area (Å²) in [5, 5.41) is 65.0. The molecule has 0 saturated heterocycles. The van der Waals surface area contributed by atoms with E-state index in [-0.39, 0.29) is 31.6 Å². The van der Waals surface area contributed by atoms with Gasteiger partial charge in [0.25, 0.3) is 0 Å². The summed E-state index contributed by atoms with van der Waals surface area (Å²) < 4.78 is 0. The molecule has 0 aromatic rings. The van der Waals surface area contributed by atoms with Gasteiger partial charge in [-0.15, -0.1) is 0 Å². The van der Waals surface area contributed by atoms with Gasteiger partial charge >= 0.3 is 35.8 Å². The maximum atomic E-state index is 10.5. The van der Waals surface area contributed by atoms with Crippen molar-refractivity contribution in [2.24, 2.45) is 11.7 Å². The molecule has 6 atom stereocenters. The highest BCUT2D eigenvalue weighted by molar-refractivity contribution is 5.77. The van der Waals surface area contributed by atoms with Crippen molar-refractivity contribution in [3.63, 3.8) is 0 Å². The van der Waals surface area contributed by atoms with Crippen molar-refractivity contribution in [3.8, 4) is 0 Å². The van der Waals surface area contributed by atoms with Crippen LogP contribution in [0.2, 0.25) is 0 Å². The van der Waals surface area contributed by atoms with E-state index in [1.54, 1.807) is 20.9 Å². The van der Waals surface area contributed by atoms with E-state index >= 15 is 0 Å². The third-order valence-electron chi connectivity index (χ3n) is 9.08. The predicted octanol–water partition coefficient (Wildman–Crippen LogP) is 1.53. The van der Waals surface area contributed by atoms with Crippen LogP contribution in [-0.4, -0.2) is 136 Å². The second-order valence-corrected chi connectivity index (χ2v) is 13.6. The van der Waals surface area contributed by atoms with Crippen LogP contribution >= 0.6 is 0 Å². The van der Waals surface area contributed by atoms with Crippen LogP contribution in [0, 0.1) is 5.92 Å². The molecule has 0 heterocycles. The standard InChI is InChI=1S/C9H17NO2.C8H15NO2.C7H15NO2.C6H12N2O3.C6H11NO4/c1-7(9(11)12)10-8-5-3-2-4-6-8;1-6(8(10)11)9-7-4-2-3-5-7;1-4-5(2)6(8-3)7(9)10;1-8-4(6(10)11)2-3-5(7)9;1-7-4(6(10)11)2-3-5(8)9/h7-8,10H,2-6H2,1H3,(H,11,12);6-7,9H,2-5H2,1H3,(H,10,11);5-6,8H,4H2,1-3H3,(H,9,10);4,8H,2-3H2,1H3,(H2,7,9)(H,10,11);4,7H,2-3H2,1H3,(H,8,9)(H,10,11)/t7-;6-;5-,6-;2*4-/m00000/s1. The van der Waals surface area contributed by atoms with Crippen LogP contribution in [0.15, 0.2) is 0 Å². The fourth-order valence-electron chi connectivity index (χ4n) is 5.44. The summed E-state index contributed by atoms with van der Waals surface area (Å²) in [7, 11) is 4.69. The van der Waals surface area contributed by atoms with E-state index in [2.05, 4.69) is 26.6 Å². The third kappa shape index (κ3) is 31.0. The van der Waals surface area contributed by atoms with Gasteiger partial charge in [0.05, 0.1) is 0 Å². The Labute approximate surface area is 325 Å². The molecule has 2 aliphatic carbocycles. The number of nitrogens with two attached hydrogens (primary N) is 1. The van der Waals surface area contributed by atoms with Gasteiger partial charge in [-0.25, -0.2) is 0 Å². The summed E-state index contributed by atoms with van der Waals surface area (Å²) in [4.78, 5) is 72.3. The lowest BCUT2D eigenvalue weighted by Crippen LogP contribution is -2.42. The smallest absolute Gasteiger partial charge is 0.320 e. The van der Waals surface area contributed by atoms with E-state index in [0.29, 0.717) is 12.1 Å². The highest BCUT2D eigenvalue weighted by Gasteiger charge is 2.22.